The zero-order valence-corrected chi connectivity index (χ0v) is 12.1. The van der Waals surface area contributed by atoms with Gasteiger partial charge in [0.1, 0.15) is 0 Å². The summed E-state index contributed by atoms with van der Waals surface area (Å²) in [5.74, 6) is -0.358. The third kappa shape index (κ3) is 4.49. The van der Waals surface area contributed by atoms with Crippen LogP contribution in [-0.2, 0) is 6.54 Å². The second-order valence-electron chi connectivity index (χ2n) is 4.93. The van der Waals surface area contributed by atoms with Crippen LogP contribution in [0.2, 0.25) is 0 Å². The van der Waals surface area contributed by atoms with E-state index in [9.17, 15) is 4.79 Å². The molecule has 1 heterocycles. The van der Waals surface area contributed by atoms with Crippen LogP contribution in [0.25, 0.3) is 0 Å². The topological polar surface area (TPSA) is 58.4 Å². The van der Waals surface area contributed by atoms with E-state index in [1.54, 1.807) is 6.07 Å². The molecule has 5 heteroatoms. The molecular formula is C14H22ClN3O. The van der Waals surface area contributed by atoms with Crippen LogP contribution in [0.3, 0.4) is 0 Å². The van der Waals surface area contributed by atoms with E-state index in [-0.39, 0.29) is 18.3 Å². The van der Waals surface area contributed by atoms with Crippen LogP contribution in [0.4, 0.5) is 0 Å². The first-order chi connectivity index (χ1) is 8.69. The van der Waals surface area contributed by atoms with Gasteiger partial charge in [-0.1, -0.05) is 12.1 Å². The summed E-state index contributed by atoms with van der Waals surface area (Å²) >= 11 is 0. The average molecular weight is 284 g/mol. The van der Waals surface area contributed by atoms with Crippen molar-refractivity contribution < 1.29 is 4.79 Å². The van der Waals surface area contributed by atoms with Gasteiger partial charge in [-0.3, -0.25) is 9.69 Å². The van der Waals surface area contributed by atoms with E-state index < -0.39 is 0 Å². The van der Waals surface area contributed by atoms with Crippen molar-refractivity contribution in [3.05, 3.63) is 35.4 Å². The molecule has 1 atom stereocenters. The smallest absolute Gasteiger partial charge is 0.248 e. The summed E-state index contributed by atoms with van der Waals surface area (Å²) < 4.78 is 0. The number of halogens is 1. The van der Waals surface area contributed by atoms with Crippen LogP contribution >= 0.6 is 12.4 Å². The van der Waals surface area contributed by atoms with E-state index >= 15 is 0 Å². The summed E-state index contributed by atoms with van der Waals surface area (Å²) in [5.41, 5.74) is 7.04. The minimum Gasteiger partial charge on any atom is -0.366 e. The lowest BCUT2D eigenvalue weighted by atomic mass is 10.0. The van der Waals surface area contributed by atoms with Crippen LogP contribution in [0, 0.1) is 0 Å². The largest absolute Gasteiger partial charge is 0.366 e. The van der Waals surface area contributed by atoms with Crippen molar-refractivity contribution in [2.24, 2.45) is 5.73 Å². The molecule has 1 saturated heterocycles. The molecule has 1 aromatic rings. The number of hydrogen-bond donors (Lipinski definition) is 2. The van der Waals surface area contributed by atoms with Crippen molar-refractivity contribution in [2.75, 3.05) is 20.1 Å². The molecule has 2 rings (SSSR count). The zero-order chi connectivity index (χ0) is 13.0. The first kappa shape index (κ1) is 16.0. The summed E-state index contributed by atoms with van der Waals surface area (Å²) in [6.45, 7) is 3.08. The minimum atomic E-state index is -0.358. The quantitative estimate of drug-likeness (QED) is 0.878. The Kier molecular flexibility index (Phi) is 6.28. The maximum absolute atomic E-state index is 11.1. The Morgan fingerprint density at radius 1 is 1.53 bits per heavy atom. The highest BCUT2D eigenvalue weighted by Crippen LogP contribution is 2.14. The van der Waals surface area contributed by atoms with Gasteiger partial charge in [0, 0.05) is 24.7 Å². The third-order valence-corrected chi connectivity index (χ3v) is 3.53. The molecule has 1 amide bonds. The Balaban J connectivity index is 0.00000180. The summed E-state index contributed by atoms with van der Waals surface area (Å²) in [5, 5.41) is 3.33. The van der Waals surface area contributed by atoms with E-state index in [0.29, 0.717) is 11.6 Å². The van der Waals surface area contributed by atoms with Crippen molar-refractivity contribution in [1.82, 2.24) is 10.2 Å². The molecule has 0 aliphatic carbocycles. The third-order valence-electron chi connectivity index (χ3n) is 3.53. The Hall–Kier alpha value is -1.10. The number of nitrogens with one attached hydrogen (secondary N) is 1. The van der Waals surface area contributed by atoms with E-state index in [0.717, 1.165) is 25.2 Å². The van der Waals surface area contributed by atoms with E-state index in [1.165, 1.54) is 12.8 Å². The predicted octanol–water partition coefficient (Wildman–Crippen LogP) is 1.39. The number of nitrogens with two attached hydrogens (primary N) is 1. The molecule has 1 fully saturated rings. The number of primary amides is 1. The van der Waals surface area contributed by atoms with Gasteiger partial charge in [-0.15, -0.1) is 12.4 Å². The van der Waals surface area contributed by atoms with E-state index in [2.05, 4.69) is 16.3 Å². The lowest BCUT2D eigenvalue weighted by molar-refractivity contribution is 0.1000. The van der Waals surface area contributed by atoms with Gasteiger partial charge < -0.3 is 11.1 Å². The standard InChI is InChI=1S/C14H21N3O.ClH/c1-16-13-6-3-7-17(10-13)9-11-4-2-5-12(8-11)14(15)18;/h2,4-5,8,13,16H,3,6-7,9-10H2,1H3,(H2,15,18);1H. The van der Waals surface area contributed by atoms with Gasteiger partial charge in [0.05, 0.1) is 0 Å². The Morgan fingerprint density at radius 3 is 3.00 bits per heavy atom. The molecule has 1 aliphatic heterocycles. The number of carbonyl (C=O) groups excluding carboxylic acids is 1. The van der Waals surface area contributed by atoms with Gasteiger partial charge in [0.2, 0.25) is 5.91 Å². The molecule has 0 radical (unpaired) electrons. The number of likely N-dealkylation sites (N-methyl/N-ethyl adjacent to an activating group) is 1. The average Bonchev–Trinajstić information content (AvgIpc) is 2.39. The maximum atomic E-state index is 11.1. The van der Waals surface area contributed by atoms with Crippen LogP contribution in [0.1, 0.15) is 28.8 Å². The van der Waals surface area contributed by atoms with Crippen molar-refractivity contribution in [3.63, 3.8) is 0 Å². The van der Waals surface area contributed by atoms with Crippen LogP contribution < -0.4 is 11.1 Å². The molecule has 0 saturated carbocycles. The Labute approximate surface area is 120 Å². The van der Waals surface area contributed by atoms with Crippen molar-refractivity contribution in [2.45, 2.75) is 25.4 Å². The molecule has 0 aromatic heterocycles. The number of benzene rings is 1. The summed E-state index contributed by atoms with van der Waals surface area (Å²) in [6, 6.07) is 8.19. The van der Waals surface area contributed by atoms with Gasteiger partial charge in [-0.25, -0.2) is 0 Å². The molecule has 3 N–H and O–H groups in total. The predicted molar refractivity (Wildman–Crippen MR) is 79.6 cm³/mol. The first-order valence-corrected chi connectivity index (χ1v) is 6.47. The normalized spacial score (nSPS) is 19.7. The summed E-state index contributed by atoms with van der Waals surface area (Å²) in [4.78, 5) is 13.6. The molecule has 0 spiro atoms. The fraction of sp³-hybridized carbons (Fsp3) is 0.500. The van der Waals surface area contributed by atoms with E-state index in [4.69, 9.17) is 5.73 Å². The molecular weight excluding hydrogens is 262 g/mol. The zero-order valence-electron chi connectivity index (χ0n) is 11.3. The van der Waals surface area contributed by atoms with Crippen LogP contribution in [0.15, 0.2) is 24.3 Å². The van der Waals surface area contributed by atoms with Gasteiger partial charge in [0.15, 0.2) is 0 Å². The number of piperidine rings is 1. The number of carbonyl (C=O) groups is 1. The monoisotopic (exact) mass is 283 g/mol. The number of likely N-dealkylation sites (tertiary alicyclic amines) is 1. The maximum Gasteiger partial charge on any atom is 0.248 e. The Bertz CT molecular complexity index is 425. The molecule has 1 unspecified atom stereocenters. The van der Waals surface area contributed by atoms with Gasteiger partial charge in [-0.05, 0) is 44.1 Å². The summed E-state index contributed by atoms with van der Waals surface area (Å²) in [6.07, 6.45) is 2.47. The molecule has 106 valence electrons. The van der Waals surface area contributed by atoms with Gasteiger partial charge >= 0.3 is 0 Å². The molecule has 4 nitrogen and oxygen atoms in total. The highest BCUT2D eigenvalue weighted by molar-refractivity contribution is 5.92. The SMILES string of the molecule is CNC1CCCN(Cc2cccc(C(N)=O)c2)C1.Cl. The molecule has 1 aromatic carbocycles. The highest BCUT2D eigenvalue weighted by Gasteiger charge is 2.18. The lowest BCUT2D eigenvalue weighted by Crippen LogP contribution is -2.43. The van der Waals surface area contributed by atoms with Gasteiger partial charge in [0.25, 0.3) is 0 Å². The van der Waals surface area contributed by atoms with E-state index in [1.807, 2.05) is 19.2 Å². The summed E-state index contributed by atoms with van der Waals surface area (Å²) in [7, 11) is 2.02. The second-order valence-corrected chi connectivity index (χ2v) is 4.93. The number of rotatable bonds is 4. The van der Waals surface area contributed by atoms with Crippen LogP contribution in [-0.4, -0.2) is 37.0 Å². The van der Waals surface area contributed by atoms with Gasteiger partial charge in [-0.2, -0.15) is 0 Å². The lowest BCUT2D eigenvalue weighted by Gasteiger charge is -2.32. The fourth-order valence-corrected chi connectivity index (χ4v) is 2.52. The van der Waals surface area contributed by atoms with Crippen molar-refractivity contribution >= 4 is 18.3 Å². The van der Waals surface area contributed by atoms with Crippen molar-refractivity contribution in [1.29, 1.82) is 0 Å². The number of hydrogen-bond acceptors (Lipinski definition) is 3. The molecule has 0 bridgehead atoms. The Morgan fingerprint density at radius 2 is 2.32 bits per heavy atom. The molecule has 1 aliphatic rings. The molecule has 19 heavy (non-hydrogen) atoms. The minimum absolute atomic E-state index is 0. The second kappa shape index (κ2) is 7.48. The highest BCUT2D eigenvalue weighted by atomic mass is 35.5. The fourth-order valence-electron chi connectivity index (χ4n) is 2.52. The number of nitrogens with zero attached hydrogens (tertiary/aromatic N) is 1. The van der Waals surface area contributed by atoms with Crippen LogP contribution in [0.5, 0.6) is 0 Å². The van der Waals surface area contributed by atoms with Crippen molar-refractivity contribution in [3.8, 4) is 0 Å². The number of amides is 1. The first-order valence-electron chi connectivity index (χ1n) is 6.47.